The minimum atomic E-state index is -4.70. The van der Waals surface area contributed by atoms with Gasteiger partial charge >= 0.3 is 6.18 Å². The van der Waals surface area contributed by atoms with Crippen LogP contribution in [-0.4, -0.2) is 50.3 Å². The Morgan fingerprint density at radius 1 is 1.14 bits per heavy atom. The maximum absolute atomic E-state index is 14.2. The summed E-state index contributed by atoms with van der Waals surface area (Å²) in [6.45, 7) is 11.5. The Labute approximate surface area is 250 Å². The molecule has 11 heteroatoms. The van der Waals surface area contributed by atoms with Crippen LogP contribution in [0.2, 0.25) is 0 Å². The van der Waals surface area contributed by atoms with E-state index in [4.69, 9.17) is 4.74 Å². The third-order valence-corrected chi connectivity index (χ3v) is 9.29. The molecule has 2 fully saturated rings. The highest BCUT2D eigenvalue weighted by atomic mass is 19.4. The number of carbonyl (C=O) groups excluding carboxylic acids is 1. The number of amides is 1. The first-order valence-electron chi connectivity index (χ1n) is 15.0. The van der Waals surface area contributed by atoms with Gasteiger partial charge in [0.05, 0.1) is 17.6 Å². The van der Waals surface area contributed by atoms with Crippen molar-refractivity contribution in [1.29, 1.82) is 0 Å². The fourth-order valence-corrected chi connectivity index (χ4v) is 7.22. The number of alkyl halides is 3. The molecule has 43 heavy (non-hydrogen) atoms. The molecule has 1 N–H and O–H groups in total. The van der Waals surface area contributed by atoms with Gasteiger partial charge in [-0.1, -0.05) is 33.8 Å². The number of likely N-dealkylation sites (tertiary alicyclic amines) is 1. The average molecular weight is 597 g/mol. The SMILES string of the molecule is CC1CC(c2cc(NC(=O)c3cc(CN4CCC[C@H](C)C4)cc4c3OCC4(C)C)nc(C(F)(F)F)c2)(c2nncn2C)C1. The Morgan fingerprint density at radius 3 is 2.56 bits per heavy atom. The second-order valence-electron chi connectivity index (χ2n) is 13.6. The topological polar surface area (TPSA) is 85.2 Å². The van der Waals surface area contributed by atoms with Crippen molar-refractivity contribution in [1.82, 2.24) is 24.6 Å². The molecule has 1 aliphatic carbocycles. The third-order valence-electron chi connectivity index (χ3n) is 9.29. The molecule has 1 amide bonds. The molecule has 0 spiro atoms. The Morgan fingerprint density at radius 2 is 1.91 bits per heavy atom. The van der Waals surface area contributed by atoms with E-state index in [0.29, 0.717) is 60.5 Å². The average Bonchev–Trinajstić information content (AvgIpc) is 3.48. The van der Waals surface area contributed by atoms with Crippen LogP contribution in [-0.2, 0) is 30.6 Å². The minimum absolute atomic E-state index is 0.155. The highest BCUT2D eigenvalue weighted by molar-refractivity contribution is 6.06. The number of fused-ring (bicyclic) bond motifs is 1. The smallest absolute Gasteiger partial charge is 0.433 e. The summed E-state index contributed by atoms with van der Waals surface area (Å²) in [6.07, 6.45) is 0.411. The summed E-state index contributed by atoms with van der Waals surface area (Å²) in [4.78, 5) is 20.1. The number of aromatic nitrogens is 4. The van der Waals surface area contributed by atoms with Crippen LogP contribution in [0.1, 0.15) is 91.9 Å². The molecule has 2 aliphatic heterocycles. The zero-order valence-corrected chi connectivity index (χ0v) is 25.4. The third kappa shape index (κ3) is 5.52. The molecule has 230 valence electrons. The lowest BCUT2D eigenvalue weighted by Gasteiger charge is -2.46. The number of piperidine rings is 1. The van der Waals surface area contributed by atoms with E-state index < -0.39 is 23.2 Å². The zero-order chi connectivity index (χ0) is 30.7. The normalized spacial score (nSPS) is 25.1. The molecule has 1 aromatic carbocycles. The Balaban J connectivity index is 1.38. The number of pyridine rings is 1. The van der Waals surface area contributed by atoms with Crippen molar-refractivity contribution in [3.63, 3.8) is 0 Å². The van der Waals surface area contributed by atoms with Crippen LogP contribution in [0.4, 0.5) is 19.0 Å². The van der Waals surface area contributed by atoms with Crippen molar-refractivity contribution in [2.75, 3.05) is 25.0 Å². The van der Waals surface area contributed by atoms with Crippen molar-refractivity contribution in [3.8, 4) is 5.75 Å². The predicted molar refractivity (Wildman–Crippen MR) is 156 cm³/mol. The summed E-state index contributed by atoms with van der Waals surface area (Å²) in [6, 6.07) is 6.57. The molecule has 8 nitrogen and oxygen atoms in total. The highest BCUT2D eigenvalue weighted by Gasteiger charge is 2.49. The summed E-state index contributed by atoms with van der Waals surface area (Å²) in [5.74, 6) is 1.28. The second kappa shape index (κ2) is 10.6. The molecule has 1 atom stereocenters. The first-order chi connectivity index (χ1) is 20.2. The molecular weight excluding hydrogens is 557 g/mol. The van der Waals surface area contributed by atoms with Crippen LogP contribution < -0.4 is 10.1 Å². The Kier molecular flexibility index (Phi) is 7.30. The molecular formula is C32H39F3N6O2. The number of nitrogens with zero attached hydrogens (tertiary/aromatic N) is 5. The fourth-order valence-electron chi connectivity index (χ4n) is 7.22. The summed E-state index contributed by atoms with van der Waals surface area (Å²) >= 11 is 0. The standard InChI is InChI=1S/C32H39F3N6O2/c1-19-7-6-8-41(15-19)16-21-9-23(27-24(10-21)30(3,4)17-43-27)28(42)38-26-12-22(11-25(37-26)32(33,34)35)31(13-20(2)14-31)29-39-36-18-40(29)5/h9-12,18-20H,6-8,13-17H2,1-5H3,(H,37,38,42)/t19-,20?,31?/m0/s1. The van der Waals surface area contributed by atoms with E-state index in [2.05, 4.69) is 59.2 Å². The minimum Gasteiger partial charge on any atom is -0.492 e. The van der Waals surface area contributed by atoms with Crippen LogP contribution >= 0.6 is 0 Å². The van der Waals surface area contributed by atoms with Crippen molar-refractivity contribution in [2.45, 2.75) is 76.9 Å². The summed E-state index contributed by atoms with van der Waals surface area (Å²) in [5.41, 5.74) is 0.519. The quantitative estimate of drug-likeness (QED) is 0.370. The van der Waals surface area contributed by atoms with Gasteiger partial charge in [0, 0.05) is 31.1 Å². The number of benzene rings is 1. The molecule has 0 bridgehead atoms. The number of rotatable bonds is 6. The second-order valence-corrected chi connectivity index (χ2v) is 13.6. The molecule has 6 rings (SSSR count). The van der Waals surface area contributed by atoms with Crippen LogP contribution in [0.5, 0.6) is 5.75 Å². The van der Waals surface area contributed by atoms with Crippen molar-refractivity contribution in [3.05, 3.63) is 64.4 Å². The summed E-state index contributed by atoms with van der Waals surface area (Å²) < 4.78 is 50.2. The number of halogens is 3. The maximum Gasteiger partial charge on any atom is 0.433 e. The van der Waals surface area contributed by atoms with Gasteiger partial charge in [-0.05, 0) is 73.4 Å². The first kappa shape index (κ1) is 29.6. The molecule has 3 aromatic rings. The molecule has 4 heterocycles. The van der Waals surface area contributed by atoms with Gasteiger partial charge in [-0.15, -0.1) is 10.2 Å². The van der Waals surface area contributed by atoms with E-state index in [1.807, 2.05) is 6.07 Å². The van der Waals surface area contributed by atoms with Crippen LogP contribution in [0.15, 0.2) is 30.6 Å². The van der Waals surface area contributed by atoms with Crippen LogP contribution in [0, 0.1) is 11.8 Å². The number of hydrogen-bond acceptors (Lipinski definition) is 6. The molecule has 2 aromatic heterocycles. The van der Waals surface area contributed by atoms with E-state index in [1.54, 1.807) is 24.0 Å². The fraction of sp³-hybridized carbons (Fsp3) is 0.562. The lowest BCUT2D eigenvalue weighted by Crippen LogP contribution is -2.43. The lowest BCUT2D eigenvalue weighted by atomic mass is 9.58. The van der Waals surface area contributed by atoms with E-state index in [0.717, 1.165) is 36.7 Å². The summed E-state index contributed by atoms with van der Waals surface area (Å²) in [7, 11) is 1.79. The van der Waals surface area contributed by atoms with E-state index in [-0.39, 0.29) is 11.2 Å². The summed E-state index contributed by atoms with van der Waals surface area (Å²) in [5, 5.41) is 11.0. The van der Waals surface area contributed by atoms with Gasteiger partial charge in [0.25, 0.3) is 5.91 Å². The zero-order valence-electron chi connectivity index (χ0n) is 25.4. The van der Waals surface area contributed by atoms with Crippen LogP contribution in [0.25, 0.3) is 0 Å². The van der Waals surface area contributed by atoms with Gasteiger partial charge in [0.2, 0.25) is 0 Å². The van der Waals surface area contributed by atoms with E-state index in [1.165, 1.54) is 6.42 Å². The van der Waals surface area contributed by atoms with Gasteiger partial charge < -0.3 is 14.6 Å². The van der Waals surface area contributed by atoms with Gasteiger partial charge in [0.1, 0.15) is 29.4 Å². The van der Waals surface area contributed by atoms with Gasteiger partial charge in [-0.25, -0.2) is 4.98 Å². The number of hydrogen-bond donors (Lipinski definition) is 1. The predicted octanol–water partition coefficient (Wildman–Crippen LogP) is 6.10. The first-order valence-corrected chi connectivity index (χ1v) is 15.0. The van der Waals surface area contributed by atoms with Crippen LogP contribution in [0.3, 0.4) is 0 Å². The Hall–Kier alpha value is -3.47. The number of ether oxygens (including phenoxy) is 1. The number of aryl methyl sites for hydroxylation is 1. The molecule has 3 aliphatic rings. The monoisotopic (exact) mass is 596 g/mol. The van der Waals surface area contributed by atoms with Crippen molar-refractivity contribution in [2.24, 2.45) is 18.9 Å². The number of nitrogens with one attached hydrogen (secondary N) is 1. The molecule has 1 saturated carbocycles. The van der Waals surface area contributed by atoms with Gasteiger partial charge in [0.15, 0.2) is 0 Å². The van der Waals surface area contributed by atoms with Crippen molar-refractivity contribution >= 4 is 11.7 Å². The van der Waals surface area contributed by atoms with E-state index >= 15 is 0 Å². The largest absolute Gasteiger partial charge is 0.492 e. The highest BCUT2D eigenvalue weighted by Crippen LogP contribution is 2.52. The molecule has 0 unspecified atom stereocenters. The van der Waals surface area contributed by atoms with Gasteiger partial charge in [-0.3, -0.25) is 9.69 Å². The number of anilines is 1. The van der Waals surface area contributed by atoms with Gasteiger partial charge in [-0.2, -0.15) is 13.2 Å². The van der Waals surface area contributed by atoms with Crippen molar-refractivity contribution < 1.29 is 22.7 Å². The Bertz CT molecular complexity index is 1540. The van der Waals surface area contributed by atoms with E-state index in [9.17, 15) is 18.0 Å². The maximum atomic E-state index is 14.2. The lowest BCUT2D eigenvalue weighted by molar-refractivity contribution is -0.141. The number of carbonyl (C=O) groups is 1. The molecule has 0 radical (unpaired) electrons. The molecule has 1 saturated heterocycles.